The van der Waals surface area contributed by atoms with Crippen molar-refractivity contribution in [3.63, 3.8) is 0 Å². The van der Waals surface area contributed by atoms with Gasteiger partial charge in [-0.05, 0) is 46.5 Å². The minimum Gasteiger partial charge on any atom is -0.294 e. The van der Waals surface area contributed by atoms with E-state index in [1.165, 1.54) is 22.8 Å². The molecule has 0 saturated heterocycles. The van der Waals surface area contributed by atoms with Crippen LogP contribution in [0, 0.1) is 0 Å². The van der Waals surface area contributed by atoms with Crippen LogP contribution in [0.4, 0.5) is 0 Å². The topological polar surface area (TPSA) is 50.3 Å². The Morgan fingerprint density at radius 2 is 1.74 bits per heavy atom. The van der Waals surface area contributed by atoms with E-state index >= 15 is 0 Å². The molecule has 1 aliphatic rings. The van der Waals surface area contributed by atoms with Crippen molar-refractivity contribution < 1.29 is 8.42 Å². The first-order valence-corrected chi connectivity index (χ1v) is 12.3. The number of sulfone groups is 1. The lowest BCUT2D eigenvalue weighted by atomic mass is 9.97. The van der Waals surface area contributed by atoms with Crippen molar-refractivity contribution in [2.24, 2.45) is 0 Å². The van der Waals surface area contributed by atoms with Gasteiger partial charge in [0.05, 0.1) is 10.4 Å². The van der Waals surface area contributed by atoms with Crippen molar-refractivity contribution in [1.82, 2.24) is 9.88 Å². The average molecular weight is 429 g/mol. The van der Waals surface area contributed by atoms with Crippen LogP contribution in [0.5, 0.6) is 0 Å². The Morgan fingerprint density at radius 1 is 0.903 bits per heavy atom. The predicted octanol–water partition coefficient (Wildman–Crippen LogP) is 4.86. The zero-order valence-electron chi connectivity index (χ0n) is 17.5. The number of rotatable bonds is 5. The fourth-order valence-electron chi connectivity index (χ4n) is 4.33. The summed E-state index contributed by atoms with van der Waals surface area (Å²) in [6.07, 6.45) is 2.15. The van der Waals surface area contributed by atoms with Crippen molar-refractivity contribution in [3.05, 3.63) is 95.7 Å². The number of hydrogen-bond donors (Lipinski definition) is 0. The molecule has 0 radical (unpaired) electrons. The normalized spacial score (nSPS) is 14.1. The lowest BCUT2D eigenvalue weighted by Gasteiger charge is -2.15. The van der Waals surface area contributed by atoms with E-state index in [9.17, 15) is 8.42 Å². The van der Waals surface area contributed by atoms with E-state index in [2.05, 4.69) is 47.4 Å². The van der Waals surface area contributed by atoms with Gasteiger partial charge in [-0.15, -0.1) is 0 Å². The number of benzene rings is 3. The molecule has 0 saturated carbocycles. The van der Waals surface area contributed by atoms with Gasteiger partial charge in [0, 0.05) is 43.4 Å². The summed E-state index contributed by atoms with van der Waals surface area (Å²) in [6.45, 7) is 2.70. The van der Waals surface area contributed by atoms with E-state index in [0.717, 1.165) is 48.4 Å². The van der Waals surface area contributed by atoms with Crippen LogP contribution in [-0.4, -0.2) is 31.1 Å². The van der Waals surface area contributed by atoms with Crippen molar-refractivity contribution in [3.8, 4) is 11.1 Å². The summed E-state index contributed by atoms with van der Waals surface area (Å²) in [6, 6.07) is 26.1. The highest BCUT2D eigenvalue weighted by Gasteiger charge is 2.22. The second-order valence-electron chi connectivity index (χ2n) is 8.20. The van der Waals surface area contributed by atoms with Crippen LogP contribution >= 0.6 is 0 Å². The van der Waals surface area contributed by atoms with Crippen LogP contribution < -0.4 is 0 Å². The number of pyridine rings is 1. The van der Waals surface area contributed by atoms with Gasteiger partial charge in [0.1, 0.15) is 0 Å². The van der Waals surface area contributed by atoms with Gasteiger partial charge >= 0.3 is 0 Å². The minimum atomic E-state index is -3.23. The monoisotopic (exact) mass is 428 g/mol. The van der Waals surface area contributed by atoms with Crippen molar-refractivity contribution in [2.45, 2.75) is 24.4 Å². The lowest BCUT2D eigenvalue weighted by Crippen LogP contribution is -2.19. The van der Waals surface area contributed by atoms with Gasteiger partial charge in [-0.3, -0.25) is 9.88 Å². The smallest absolute Gasteiger partial charge is 0.175 e. The zero-order chi connectivity index (χ0) is 21.4. The molecule has 0 aliphatic carbocycles. The SMILES string of the molecule is CS(=O)(=O)c1cccc(-c2cccc3c2CN(CCc2ccc4ccccc4n2)C3)c1. The number of aromatic nitrogens is 1. The van der Waals surface area contributed by atoms with Crippen molar-refractivity contribution in [2.75, 3.05) is 12.8 Å². The average Bonchev–Trinajstić information content (AvgIpc) is 3.20. The molecule has 4 nitrogen and oxygen atoms in total. The highest BCUT2D eigenvalue weighted by atomic mass is 32.2. The fourth-order valence-corrected chi connectivity index (χ4v) is 5.00. The third kappa shape index (κ3) is 4.11. The minimum absolute atomic E-state index is 0.361. The van der Waals surface area contributed by atoms with E-state index in [-0.39, 0.29) is 0 Å². The van der Waals surface area contributed by atoms with Crippen LogP contribution in [0.2, 0.25) is 0 Å². The Bertz CT molecular complexity index is 1380. The first kappa shape index (κ1) is 19.9. The molecule has 1 aliphatic heterocycles. The van der Waals surface area contributed by atoms with Gasteiger partial charge in [0.2, 0.25) is 0 Å². The Hall–Kier alpha value is -3.02. The summed E-state index contributed by atoms with van der Waals surface area (Å²) < 4.78 is 24.0. The molecule has 5 rings (SSSR count). The number of para-hydroxylation sites is 1. The first-order valence-electron chi connectivity index (χ1n) is 10.5. The molecule has 31 heavy (non-hydrogen) atoms. The molecular weight excluding hydrogens is 404 g/mol. The molecule has 2 heterocycles. The summed E-state index contributed by atoms with van der Waals surface area (Å²) in [5.41, 5.74) is 6.83. The van der Waals surface area contributed by atoms with Gasteiger partial charge in [0.15, 0.2) is 9.84 Å². The van der Waals surface area contributed by atoms with E-state index < -0.39 is 9.84 Å². The summed E-state index contributed by atoms with van der Waals surface area (Å²) in [4.78, 5) is 7.60. The summed E-state index contributed by atoms with van der Waals surface area (Å²) in [5, 5.41) is 1.17. The van der Waals surface area contributed by atoms with E-state index in [1.54, 1.807) is 12.1 Å². The van der Waals surface area contributed by atoms with Crippen LogP contribution in [0.1, 0.15) is 16.8 Å². The molecule has 156 valence electrons. The van der Waals surface area contributed by atoms with Crippen molar-refractivity contribution in [1.29, 1.82) is 0 Å². The molecule has 0 atom stereocenters. The quantitative estimate of drug-likeness (QED) is 0.455. The molecule has 1 aromatic heterocycles. The highest BCUT2D eigenvalue weighted by Crippen LogP contribution is 2.33. The summed E-state index contributed by atoms with van der Waals surface area (Å²) in [7, 11) is -3.23. The maximum Gasteiger partial charge on any atom is 0.175 e. The first-order chi connectivity index (χ1) is 15.0. The largest absolute Gasteiger partial charge is 0.294 e. The standard InChI is InChI=1S/C26H24N2O2S/c1-31(29,30)23-9-4-7-20(16-23)24-10-5-8-21-17-28(18-25(21)24)15-14-22-13-12-19-6-2-3-11-26(19)27-22/h2-13,16H,14-15,17-18H2,1H3. The Labute approximate surface area is 183 Å². The molecule has 0 fully saturated rings. The fraction of sp³-hybridized carbons (Fsp3) is 0.192. The zero-order valence-corrected chi connectivity index (χ0v) is 18.3. The Morgan fingerprint density at radius 3 is 2.61 bits per heavy atom. The predicted molar refractivity (Wildman–Crippen MR) is 125 cm³/mol. The maximum atomic E-state index is 12.0. The lowest BCUT2D eigenvalue weighted by molar-refractivity contribution is 0.287. The van der Waals surface area contributed by atoms with Crippen molar-refractivity contribution >= 4 is 20.7 Å². The van der Waals surface area contributed by atoms with E-state index in [4.69, 9.17) is 4.98 Å². The third-order valence-electron chi connectivity index (χ3n) is 5.96. The van der Waals surface area contributed by atoms with Gasteiger partial charge in [-0.1, -0.05) is 54.6 Å². The molecule has 5 heteroatoms. The molecule has 0 spiro atoms. The number of nitrogens with zero attached hydrogens (tertiary/aromatic N) is 2. The van der Waals surface area contributed by atoms with Crippen LogP contribution in [0.3, 0.4) is 0 Å². The molecule has 0 unspecified atom stereocenters. The Balaban J connectivity index is 1.35. The van der Waals surface area contributed by atoms with Gasteiger partial charge < -0.3 is 0 Å². The highest BCUT2D eigenvalue weighted by molar-refractivity contribution is 7.90. The molecular formula is C26H24N2O2S. The van der Waals surface area contributed by atoms with Gasteiger partial charge in [0.25, 0.3) is 0 Å². The third-order valence-corrected chi connectivity index (χ3v) is 7.07. The maximum absolute atomic E-state index is 12.0. The molecule has 0 N–H and O–H groups in total. The number of hydrogen-bond acceptors (Lipinski definition) is 4. The molecule has 4 aromatic rings. The van der Waals surface area contributed by atoms with Crippen LogP contribution in [-0.2, 0) is 29.3 Å². The Kier molecular flexibility index (Phi) is 5.08. The van der Waals surface area contributed by atoms with Crippen LogP contribution in [0.15, 0.2) is 83.8 Å². The second kappa shape index (κ2) is 7.91. The molecule has 0 amide bonds. The summed E-state index contributed by atoms with van der Waals surface area (Å²) in [5.74, 6) is 0. The van der Waals surface area contributed by atoms with Gasteiger partial charge in [-0.2, -0.15) is 0 Å². The molecule has 0 bridgehead atoms. The molecule has 3 aromatic carbocycles. The number of fused-ring (bicyclic) bond motifs is 2. The summed E-state index contributed by atoms with van der Waals surface area (Å²) >= 11 is 0. The van der Waals surface area contributed by atoms with E-state index in [1.807, 2.05) is 24.3 Å². The van der Waals surface area contributed by atoms with Crippen LogP contribution in [0.25, 0.3) is 22.0 Å². The van der Waals surface area contributed by atoms with Gasteiger partial charge in [-0.25, -0.2) is 8.42 Å². The second-order valence-corrected chi connectivity index (χ2v) is 10.2. The van der Waals surface area contributed by atoms with E-state index in [0.29, 0.717) is 4.90 Å².